The number of carbonyl (C=O) groups excluding carboxylic acids is 2. The molecule has 0 aromatic heterocycles. The molecule has 1 aromatic rings. The van der Waals surface area contributed by atoms with Crippen molar-refractivity contribution < 1.29 is 14.3 Å². The minimum Gasteiger partial charge on any atom is -0.378 e. The van der Waals surface area contributed by atoms with Crippen LogP contribution in [0.3, 0.4) is 0 Å². The number of hydrogen-bond acceptors (Lipinski definition) is 4. The highest BCUT2D eigenvalue weighted by atomic mass is 16.5. The molecule has 0 saturated heterocycles. The lowest BCUT2D eigenvalue weighted by atomic mass is 9.54. The quantitative estimate of drug-likeness (QED) is 0.576. The number of benzene rings is 1. The third-order valence-corrected chi connectivity index (χ3v) is 6.16. The summed E-state index contributed by atoms with van der Waals surface area (Å²) in [5.41, 5.74) is 6.75. The highest BCUT2D eigenvalue weighted by Gasteiger charge is 2.62. The van der Waals surface area contributed by atoms with Crippen LogP contribution < -0.4 is 21.7 Å². The average molecular weight is 389 g/mol. The van der Waals surface area contributed by atoms with Crippen molar-refractivity contribution in [3.05, 3.63) is 29.8 Å². The van der Waals surface area contributed by atoms with E-state index in [1.54, 1.807) is 0 Å². The second-order valence-corrected chi connectivity index (χ2v) is 8.53. The molecule has 2 saturated carbocycles. The van der Waals surface area contributed by atoms with Gasteiger partial charge in [0.15, 0.2) is 0 Å². The first-order valence-electron chi connectivity index (χ1n) is 10.1. The standard InChI is InChI=1S/C21H32N4O3/c1-5-28-17-12-21(22,20(17,3)4)18(26)23-13(2)14-6-8-15(9-7-14)24-19(27)25-16-10-11-16/h6-9,13,16-17H,5,10-12,22H2,1-4H3,(H,23,26)(H2,24,25,27). The first-order chi connectivity index (χ1) is 13.2. The van der Waals surface area contributed by atoms with Crippen molar-refractivity contribution in [1.29, 1.82) is 0 Å². The number of anilines is 1. The van der Waals surface area contributed by atoms with E-state index < -0.39 is 11.0 Å². The molecule has 2 aliphatic rings. The van der Waals surface area contributed by atoms with E-state index in [-0.39, 0.29) is 24.1 Å². The van der Waals surface area contributed by atoms with Crippen molar-refractivity contribution in [3.8, 4) is 0 Å². The zero-order valence-electron chi connectivity index (χ0n) is 17.2. The van der Waals surface area contributed by atoms with E-state index in [9.17, 15) is 9.59 Å². The molecule has 0 aliphatic heterocycles. The van der Waals surface area contributed by atoms with Gasteiger partial charge in [0.05, 0.1) is 12.1 Å². The molecule has 5 N–H and O–H groups in total. The van der Waals surface area contributed by atoms with Gasteiger partial charge in [-0.3, -0.25) is 4.79 Å². The maximum atomic E-state index is 12.9. The lowest BCUT2D eigenvalue weighted by Crippen LogP contribution is -2.75. The monoisotopic (exact) mass is 388 g/mol. The highest BCUT2D eigenvalue weighted by molar-refractivity contribution is 5.90. The van der Waals surface area contributed by atoms with Crippen LogP contribution in [0.25, 0.3) is 0 Å². The smallest absolute Gasteiger partial charge is 0.319 e. The number of carbonyl (C=O) groups is 2. The van der Waals surface area contributed by atoms with Crippen LogP contribution >= 0.6 is 0 Å². The number of amides is 3. The second-order valence-electron chi connectivity index (χ2n) is 8.53. The molecular weight excluding hydrogens is 356 g/mol. The van der Waals surface area contributed by atoms with Gasteiger partial charge in [0.2, 0.25) is 5.91 Å². The minimum absolute atomic E-state index is 0.00398. The summed E-state index contributed by atoms with van der Waals surface area (Å²) in [5.74, 6) is -0.160. The Labute approximate surface area is 166 Å². The second kappa shape index (κ2) is 7.72. The molecule has 7 nitrogen and oxygen atoms in total. The van der Waals surface area contributed by atoms with Gasteiger partial charge in [0.1, 0.15) is 5.54 Å². The van der Waals surface area contributed by atoms with Gasteiger partial charge in [-0.05, 0) is 44.4 Å². The number of hydrogen-bond donors (Lipinski definition) is 4. The summed E-state index contributed by atoms with van der Waals surface area (Å²) in [6.45, 7) is 8.45. The molecule has 0 radical (unpaired) electrons. The van der Waals surface area contributed by atoms with Crippen LogP contribution in [0.4, 0.5) is 10.5 Å². The Bertz CT molecular complexity index is 730. The Morgan fingerprint density at radius 2 is 1.89 bits per heavy atom. The zero-order chi connectivity index (χ0) is 20.5. The summed E-state index contributed by atoms with van der Waals surface area (Å²) in [6, 6.07) is 7.41. The molecular formula is C21H32N4O3. The SMILES string of the molecule is CCOC1CC(N)(C(=O)NC(C)c2ccc(NC(=O)NC3CC3)cc2)C1(C)C. The summed E-state index contributed by atoms with van der Waals surface area (Å²) >= 11 is 0. The van der Waals surface area contributed by atoms with Gasteiger partial charge < -0.3 is 26.4 Å². The van der Waals surface area contributed by atoms with Crippen molar-refractivity contribution in [3.63, 3.8) is 0 Å². The Morgan fingerprint density at radius 3 is 2.43 bits per heavy atom. The van der Waals surface area contributed by atoms with E-state index >= 15 is 0 Å². The summed E-state index contributed by atoms with van der Waals surface area (Å²) < 4.78 is 5.70. The maximum absolute atomic E-state index is 12.9. The Balaban J connectivity index is 1.56. The van der Waals surface area contributed by atoms with Crippen molar-refractivity contribution in [2.45, 2.75) is 70.7 Å². The molecule has 3 atom stereocenters. The predicted octanol–water partition coefficient (Wildman–Crippen LogP) is 2.68. The molecule has 3 rings (SSSR count). The van der Waals surface area contributed by atoms with Gasteiger partial charge in [0, 0.05) is 30.2 Å². The molecule has 0 spiro atoms. The average Bonchev–Trinajstić information content (AvgIpc) is 3.45. The van der Waals surface area contributed by atoms with Gasteiger partial charge in [-0.1, -0.05) is 26.0 Å². The molecule has 0 bridgehead atoms. The Morgan fingerprint density at radius 1 is 1.25 bits per heavy atom. The molecule has 2 aliphatic carbocycles. The van der Waals surface area contributed by atoms with Crippen LogP contribution in [0.1, 0.15) is 58.6 Å². The molecule has 0 heterocycles. The molecule has 28 heavy (non-hydrogen) atoms. The number of rotatable bonds is 7. The number of urea groups is 1. The maximum Gasteiger partial charge on any atom is 0.319 e. The van der Waals surface area contributed by atoms with Gasteiger partial charge in [-0.15, -0.1) is 0 Å². The van der Waals surface area contributed by atoms with Crippen LogP contribution in [0.5, 0.6) is 0 Å². The topological polar surface area (TPSA) is 105 Å². The van der Waals surface area contributed by atoms with Crippen LogP contribution in [-0.4, -0.2) is 36.2 Å². The van der Waals surface area contributed by atoms with Crippen LogP contribution in [0.2, 0.25) is 0 Å². The van der Waals surface area contributed by atoms with Crippen LogP contribution in [0.15, 0.2) is 24.3 Å². The van der Waals surface area contributed by atoms with Gasteiger partial charge in [0.25, 0.3) is 0 Å². The van der Waals surface area contributed by atoms with Crippen molar-refractivity contribution >= 4 is 17.6 Å². The van der Waals surface area contributed by atoms with E-state index in [0.29, 0.717) is 19.1 Å². The van der Waals surface area contributed by atoms with Crippen LogP contribution in [0, 0.1) is 5.41 Å². The van der Waals surface area contributed by atoms with Gasteiger partial charge in [-0.2, -0.15) is 0 Å². The van der Waals surface area contributed by atoms with E-state index in [4.69, 9.17) is 10.5 Å². The molecule has 3 unspecified atom stereocenters. The first-order valence-corrected chi connectivity index (χ1v) is 10.1. The van der Waals surface area contributed by atoms with Crippen molar-refractivity contribution in [2.24, 2.45) is 11.1 Å². The third-order valence-electron chi connectivity index (χ3n) is 6.16. The van der Waals surface area contributed by atoms with E-state index in [1.807, 2.05) is 52.0 Å². The van der Waals surface area contributed by atoms with Gasteiger partial charge in [-0.25, -0.2) is 4.79 Å². The fraction of sp³-hybridized carbons (Fsp3) is 0.619. The lowest BCUT2D eigenvalue weighted by Gasteiger charge is -2.57. The fourth-order valence-electron chi connectivity index (χ4n) is 3.66. The zero-order valence-corrected chi connectivity index (χ0v) is 17.2. The lowest BCUT2D eigenvalue weighted by molar-refractivity contribution is -0.171. The summed E-state index contributed by atoms with van der Waals surface area (Å²) in [4.78, 5) is 24.7. The molecule has 3 amide bonds. The summed E-state index contributed by atoms with van der Waals surface area (Å²) in [6.07, 6.45) is 2.62. The highest BCUT2D eigenvalue weighted by Crippen LogP contribution is 2.50. The number of ether oxygens (including phenoxy) is 1. The number of nitrogens with one attached hydrogen (secondary N) is 3. The largest absolute Gasteiger partial charge is 0.378 e. The summed E-state index contributed by atoms with van der Waals surface area (Å²) in [7, 11) is 0. The Hall–Kier alpha value is -2.12. The van der Waals surface area contributed by atoms with Crippen molar-refractivity contribution in [1.82, 2.24) is 10.6 Å². The molecule has 1 aromatic carbocycles. The predicted molar refractivity (Wildman–Crippen MR) is 109 cm³/mol. The molecule has 2 fully saturated rings. The van der Waals surface area contributed by atoms with E-state index in [2.05, 4.69) is 16.0 Å². The third kappa shape index (κ3) is 4.00. The van der Waals surface area contributed by atoms with Crippen molar-refractivity contribution in [2.75, 3.05) is 11.9 Å². The van der Waals surface area contributed by atoms with E-state index in [0.717, 1.165) is 24.1 Å². The van der Waals surface area contributed by atoms with Crippen LogP contribution in [-0.2, 0) is 9.53 Å². The Kier molecular flexibility index (Phi) is 5.68. The van der Waals surface area contributed by atoms with E-state index in [1.165, 1.54) is 0 Å². The fourth-order valence-corrected chi connectivity index (χ4v) is 3.66. The first kappa shape index (κ1) is 20.6. The number of nitrogens with two attached hydrogens (primary N) is 1. The molecule has 7 heteroatoms. The minimum atomic E-state index is -0.941. The normalized spacial score (nSPS) is 26.7. The molecule has 154 valence electrons. The van der Waals surface area contributed by atoms with Gasteiger partial charge >= 0.3 is 6.03 Å². The summed E-state index contributed by atoms with van der Waals surface area (Å²) in [5, 5.41) is 8.74.